The number of hydrogen-bond acceptors (Lipinski definition) is 5. The second-order valence-electron chi connectivity index (χ2n) is 7.50. The van der Waals surface area contributed by atoms with Crippen molar-refractivity contribution in [3.8, 4) is 6.07 Å². The summed E-state index contributed by atoms with van der Waals surface area (Å²) in [6.07, 6.45) is -0.438. The van der Waals surface area contributed by atoms with E-state index in [4.69, 9.17) is 15.2 Å². The van der Waals surface area contributed by atoms with Crippen LogP contribution in [-0.2, 0) is 16.1 Å². The number of carbonyl (C=O) groups excluding carboxylic acids is 2. The van der Waals surface area contributed by atoms with Gasteiger partial charge in [-0.2, -0.15) is 18.4 Å². The van der Waals surface area contributed by atoms with Gasteiger partial charge in [0.05, 0.1) is 23.7 Å². The van der Waals surface area contributed by atoms with Gasteiger partial charge in [0.1, 0.15) is 0 Å². The highest BCUT2D eigenvalue weighted by molar-refractivity contribution is 5.95. The van der Waals surface area contributed by atoms with Gasteiger partial charge in [-0.15, -0.1) is 0 Å². The quantitative estimate of drug-likeness (QED) is 0.753. The molecule has 0 aliphatic carbocycles. The van der Waals surface area contributed by atoms with E-state index in [0.29, 0.717) is 30.6 Å². The average Bonchev–Trinajstić information content (AvgIpc) is 3.33. The van der Waals surface area contributed by atoms with Gasteiger partial charge in [-0.25, -0.2) is 4.79 Å². The molecule has 11 heteroatoms. The van der Waals surface area contributed by atoms with E-state index < -0.39 is 12.1 Å². The Kier molecular flexibility index (Phi) is 6.96. The van der Waals surface area contributed by atoms with Crippen LogP contribution in [0.15, 0.2) is 48.8 Å². The Balaban J connectivity index is 0.000000383. The Morgan fingerprint density at radius 1 is 1.18 bits per heavy atom. The fourth-order valence-corrected chi connectivity index (χ4v) is 3.93. The highest BCUT2D eigenvalue weighted by atomic mass is 19.4. The van der Waals surface area contributed by atoms with Crippen LogP contribution in [-0.4, -0.2) is 62.5 Å². The van der Waals surface area contributed by atoms with Crippen molar-refractivity contribution in [1.82, 2.24) is 14.8 Å². The number of hydrogen-bond donors (Lipinski definition) is 1. The summed E-state index contributed by atoms with van der Waals surface area (Å²) in [5.74, 6) is -2.74. The average molecular weight is 460 g/mol. The zero-order valence-electron chi connectivity index (χ0n) is 17.2. The molecule has 0 bridgehead atoms. The Morgan fingerprint density at radius 3 is 2.39 bits per heavy atom. The van der Waals surface area contributed by atoms with E-state index in [2.05, 4.69) is 11.1 Å². The lowest BCUT2D eigenvalue weighted by Crippen LogP contribution is -2.39. The van der Waals surface area contributed by atoms with Crippen LogP contribution in [0.5, 0.6) is 0 Å². The maximum Gasteiger partial charge on any atom is 0.490 e. The van der Waals surface area contributed by atoms with Crippen LogP contribution in [0.25, 0.3) is 0 Å². The third kappa shape index (κ3) is 5.46. The molecule has 1 aromatic heterocycles. The van der Waals surface area contributed by atoms with E-state index in [0.717, 1.165) is 12.0 Å². The van der Waals surface area contributed by atoms with Crippen molar-refractivity contribution in [2.75, 3.05) is 6.54 Å². The first-order valence-corrected chi connectivity index (χ1v) is 9.91. The number of nitriles is 1. The number of aromatic nitrogens is 1. The van der Waals surface area contributed by atoms with E-state index in [-0.39, 0.29) is 23.9 Å². The molecule has 0 saturated carbocycles. The molecule has 2 aliphatic heterocycles. The van der Waals surface area contributed by atoms with Crippen molar-refractivity contribution in [2.45, 2.75) is 37.6 Å². The summed E-state index contributed by atoms with van der Waals surface area (Å²) in [6.45, 7) is 1.18. The van der Waals surface area contributed by atoms with Crippen LogP contribution in [0.4, 0.5) is 13.2 Å². The number of aliphatic carboxylic acids is 1. The monoisotopic (exact) mass is 460 g/mol. The summed E-state index contributed by atoms with van der Waals surface area (Å²) >= 11 is 0. The zero-order valence-corrected chi connectivity index (χ0v) is 17.2. The number of carboxylic acid groups (broad SMARTS) is 1. The van der Waals surface area contributed by atoms with Crippen LogP contribution in [0.3, 0.4) is 0 Å². The van der Waals surface area contributed by atoms with E-state index in [1.54, 1.807) is 36.7 Å². The predicted octanol–water partition coefficient (Wildman–Crippen LogP) is 2.60. The first kappa shape index (κ1) is 23.7. The van der Waals surface area contributed by atoms with Crippen molar-refractivity contribution >= 4 is 17.8 Å². The third-order valence-electron chi connectivity index (χ3n) is 5.45. The van der Waals surface area contributed by atoms with Gasteiger partial charge in [0, 0.05) is 37.5 Å². The molecule has 2 atom stereocenters. The Morgan fingerprint density at radius 2 is 1.85 bits per heavy atom. The molecule has 0 radical (unpaired) electrons. The van der Waals surface area contributed by atoms with Crippen molar-refractivity contribution in [1.29, 1.82) is 5.26 Å². The van der Waals surface area contributed by atoms with Crippen LogP contribution in [0, 0.1) is 11.3 Å². The minimum Gasteiger partial charge on any atom is -0.475 e. The minimum absolute atomic E-state index is 0.0602. The van der Waals surface area contributed by atoms with Gasteiger partial charge in [-0.05, 0) is 42.3 Å². The van der Waals surface area contributed by atoms with Crippen LogP contribution >= 0.6 is 0 Å². The lowest BCUT2D eigenvalue weighted by molar-refractivity contribution is -0.192. The maximum absolute atomic E-state index is 12.9. The largest absolute Gasteiger partial charge is 0.490 e. The first-order valence-electron chi connectivity index (χ1n) is 9.91. The lowest BCUT2D eigenvalue weighted by Gasteiger charge is -2.25. The summed E-state index contributed by atoms with van der Waals surface area (Å²) in [5, 5.41) is 16.0. The Bertz CT molecular complexity index is 1070. The highest BCUT2D eigenvalue weighted by Gasteiger charge is 2.48. The molecule has 4 rings (SSSR count). The summed E-state index contributed by atoms with van der Waals surface area (Å²) in [6, 6.07) is 12.5. The van der Waals surface area contributed by atoms with E-state index in [9.17, 15) is 22.8 Å². The number of carbonyl (C=O) groups is 3. The number of halogens is 3. The molecular weight excluding hydrogens is 441 g/mol. The fraction of sp³-hybridized carbons (Fsp3) is 0.318. The van der Waals surface area contributed by atoms with Gasteiger partial charge in [0.2, 0.25) is 5.91 Å². The van der Waals surface area contributed by atoms with Crippen molar-refractivity contribution in [3.63, 3.8) is 0 Å². The molecule has 2 amide bonds. The molecule has 2 saturated heterocycles. The minimum atomic E-state index is -5.08. The summed E-state index contributed by atoms with van der Waals surface area (Å²) in [4.78, 5) is 42.1. The van der Waals surface area contributed by atoms with E-state index in [1.165, 1.54) is 0 Å². The van der Waals surface area contributed by atoms with Gasteiger partial charge < -0.3 is 14.9 Å². The number of rotatable bonds is 3. The normalized spacial score (nSPS) is 19.4. The highest BCUT2D eigenvalue weighted by Crippen LogP contribution is 2.34. The SMILES string of the molecule is N#Cc1ccc(C(=O)N2CC[C@@H]3[C@@H]2CC(=O)N3Cc2cccnc2)cc1.O=C(O)C(F)(F)F. The lowest BCUT2D eigenvalue weighted by atomic mass is 10.1. The summed E-state index contributed by atoms with van der Waals surface area (Å²) in [7, 11) is 0. The smallest absolute Gasteiger partial charge is 0.475 e. The number of alkyl halides is 3. The molecule has 2 aromatic rings. The molecule has 8 nitrogen and oxygen atoms in total. The Labute approximate surface area is 186 Å². The number of pyridine rings is 1. The fourth-order valence-electron chi connectivity index (χ4n) is 3.93. The standard InChI is InChI=1S/C20H18N4O2.C2HF3O2/c21-11-14-3-5-16(6-4-14)20(26)23-9-7-17-18(23)10-19(25)24(17)13-15-2-1-8-22-12-15;3-2(4,5)1(6)7/h1-6,8,12,17-18H,7,9-10,13H2;(H,6,7)/t17-,18+;/m1./s1. The number of benzene rings is 1. The molecule has 3 heterocycles. The summed E-state index contributed by atoms with van der Waals surface area (Å²) < 4.78 is 31.7. The molecule has 0 unspecified atom stereocenters. The van der Waals surface area contributed by atoms with E-state index in [1.807, 2.05) is 21.9 Å². The van der Waals surface area contributed by atoms with Crippen molar-refractivity contribution in [3.05, 3.63) is 65.5 Å². The van der Waals surface area contributed by atoms with Gasteiger partial charge in [0.25, 0.3) is 5.91 Å². The molecule has 0 spiro atoms. The third-order valence-corrected chi connectivity index (χ3v) is 5.45. The Hall–Kier alpha value is -3.94. The van der Waals surface area contributed by atoms with Crippen molar-refractivity contribution in [2.24, 2.45) is 0 Å². The maximum atomic E-state index is 12.9. The second kappa shape index (κ2) is 9.68. The molecule has 172 valence electrons. The molecule has 33 heavy (non-hydrogen) atoms. The zero-order chi connectivity index (χ0) is 24.2. The van der Waals surface area contributed by atoms with Gasteiger partial charge in [-0.1, -0.05) is 6.07 Å². The second-order valence-corrected chi connectivity index (χ2v) is 7.50. The van der Waals surface area contributed by atoms with Gasteiger partial charge in [-0.3, -0.25) is 14.6 Å². The van der Waals surface area contributed by atoms with Crippen molar-refractivity contribution < 1.29 is 32.7 Å². The molecule has 1 aromatic carbocycles. The number of nitrogens with zero attached hydrogens (tertiary/aromatic N) is 4. The van der Waals surface area contributed by atoms with Crippen LogP contribution < -0.4 is 0 Å². The number of amides is 2. The topological polar surface area (TPSA) is 115 Å². The molecule has 2 aliphatic rings. The van der Waals surface area contributed by atoms with Gasteiger partial charge in [0.15, 0.2) is 0 Å². The summed E-state index contributed by atoms with van der Waals surface area (Å²) in [5.41, 5.74) is 2.08. The van der Waals surface area contributed by atoms with Gasteiger partial charge >= 0.3 is 12.1 Å². The number of carboxylic acids is 1. The van der Waals surface area contributed by atoms with E-state index >= 15 is 0 Å². The van der Waals surface area contributed by atoms with Crippen LogP contribution in [0.2, 0.25) is 0 Å². The number of likely N-dealkylation sites (tertiary alicyclic amines) is 2. The molecule has 1 N–H and O–H groups in total. The predicted molar refractivity (Wildman–Crippen MR) is 107 cm³/mol. The molecule has 2 fully saturated rings. The van der Waals surface area contributed by atoms with Crippen LogP contribution in [0.1, 0.15) is 34.3 Å². The first-order chi connectivity index (χ1) is 15.6. The molecular formula is C22H19F3N4O4. The number of fused-ring (bicyclic) bond motifs is 1.